The molecule has 5 heteroatoms. The molecule has 5 nitrogen and oxygen atoms in total. The monoisotopic (exact) mass is 293 g/mol. The van der Waals surface area contributed by atoms with E-state index < -0.39 is 12.0 Å². The summed E-state index contributed by atoms with van der Waals surface area (Å²) in [5.41, 5.74) is 0.843. The molecule has 1 aromatic rings. The highest BCUT2D eigenvalue weighted by molar-refractivity contribution is 5.76. The fraction of sp³-hybridized carbons (Fsp3) is 0.500. The molecule has 0 aromatic heterocycles. The Balaban J connectivity index is 2.42. The van der Waals surface area contributed by atoms with E-state index in [9.17, 15) is 9.59 Å². The van der Waals surface area contributed by atoms with E-state index in [0.29, 0.717) is 13.0 Å². The van der Waals surface area contributed by atoms with Gasteiger partial charge in [-0.2, -0.15) is 0 Å². The first-order valence-electron chi connectivity index (χ1n) is 7.31. The molecular formula is C16H23NO4. The molecule has 0 unspecified atom stereocenters. The molecule has 0 heterocycles. The number of carbonyl (C=O) groups excluding carboxylic acids is 1. The average Bonchev–Trinajstić information content (AvgIpc) is 2.48. The smallest absolute Gasteiger partial charge is 0.326 e. The number of carboxylic acids is 1. The number of nitrogens with one attached hydrogen (secondary N) is 1. The van der Waals surface area contributed by atoms with Crippen molar-refractivity contribution in [2.45, 2.75) is 45.1 Å². The highest BCUT2D eigenvalue weighted by Gasteiger charge is 2.16. The number of hydrogen-bond acceptors (Lipinski definition) is 3. The molecule has 2 N–H and O–H groups in total. The molecule has 0 aliphatic carbocycles. The fourth-order valence-electron chi connectivity index (χ4n) is 1.98. The summed E-state index contributed by atoms with van der Waals surface area (Å²) in [5, 5.41) is 11.2. The van der Waals surface area contributed by atoms with Crippen LogP contribution >= 0.6 is 0 Å². The topological polar surface area (TPSA) is 75.6 Å². The van der Waals surface area contributed by atoms with Crippen molar-refractivity contribution < 1.29 is 19.4 Å². The Morgan fingerprint density at radius 2 is 2.00 bits per heavy atom. The van der Waals surface area contributed by atoms with E-state index in [-0.39, 0.29) is 6.42 Å². The van der Waals surface area contributed by atoms with Gasteiger partial charge < -0.3 is 15.2 Å². The number of carboxylic acid groups (broad SMARTS) is 1. The van der Waals surface area contributed by atoms with Crippen molar-refractivity contribution in [2.24, 2.45) is 0 Å². The van der Waals surface area contributed by atoms with Crippen molar-refractivity contribution in [3.8, 4) is 5.75 Å². The zero-order chi connectivity index (χ0) is 15.5. The molecule has 0 bridgehead atoms. The lowest BCUT2D eigenvalue weighted by atomic mass is 10.1. The van der Waals surface area contributed by atoms with Crippen LogP contribution in [0.25, 0.3) is 0 Å². The molecule has 0 spiro atoms. The standard InChI is InChI=1S/C16H23NO4/c1-2-3-4-5-10-21-14-8-6-13(7-9-14)11-15(16(19)20)17-12-18/h6-9,12,15H,2-5,10-11H2,1H3,(H,17,18)(H,19,20)/t15-/m0/s1. The minimum Gasteiger partial charge on any atom is -0.494 e. The lowest BCUT2D eigenvalue weighted by molar-refractivity contribution is -0.140. The maximum Gasteiger partial charge on any atom is 0.326 e. The summed E-state index contributed by atoms with van der Waals surface area (Å²) < 4.78 is 5.62. The summed E-state index contributed by atoms with van der Waals surface area (Å²) in [7, 11) is 0. The maximum absolute atomic E-state index is 10.9. The van der Waals surface area contributed by atoms with Crippen LogP contribution in [0, 0.1) is 0 Å². The van der Waals surface area contributed by atoms with Crippen molar-refractivity contribution in [1.82, 2.24) is 5.32 Å². The first kappa shape index (κ1) is 17.0. The van der Waals surface area contributed by atoms with E-state index in [2.05, 4.69) is 12.2 Å². The third-order valence-corrected chi connectivity index (χ3v) is 3.20. The number of amides is 1. The van der Waals surface area contributed by atoms with Crippen molar-refractivity contribution in [3.63, 3.8) is 0 Å². The summed E-state index contributed by atoms with van der Waals surface area (Å²) in [6.07, 6.45) is 5.31. The quantitative estimate of drug-likeness (QED) is 0.485. The second-order valence-corrected chi connectivity index (χ2v) is 4.93. The second kappa shape index (κ2) is 9.80. The zero-order valence-corrected chi connectivity index (χ0v) is 12.4. The van der Waals surface area contributed by atoms with Crippen LogP contribution in [0.3, 0.4) is 0 Å². The number of ether oxygens (including phenoxy) is 1. The SMILES string of the molecule is CCCCCCOc1ccc(C[C@H](NC=O)C(=O)O)cc1. The van der Waals surface area contributed by atoms with Gasteiger partial charge in [-0.15, -0.1) is 0 Å². The molecule has 1 amide bonds. The molecule has 1 rings (SSSR count). The number of rotatable bonds is 11. The van der Waals surface area contributed by atoms with Gasteiger partial charge in [-0.05, 0) is 24.1 Å². The van der Waals surface area contributed by atoms with Crippen molar-refractivity contribution >= 4 is 12.4 Å². The number of aliphatic carboxylic acids is 1. The summed E-state index contributed by atoms with van der Waals surface area (Å²) in [4.78, 5) is 21.3. The van der Waals surface area contributed by atoms with Gasteiger partial charge in [0.2, 0.25) is 6.41 Å². The van der Waals surface area contributed by atoms with Crippen molar-refractivity contribution in [2.75, 3.05) is 6.61 Å². The Bertz CT molecular complexity index is 430. The van der Waals surface area contributed by atoms with Gasteiger partial charge in [0.1, 0.15) is 11.8 Å². The molecule has 116 valence electrons. The number of benzene rings is 1. The van der Waals surface area contributed by atoms with Crippen LogP contribution in [0.5, 0.6) is 5.75 Å². The van der Waals surface area contributed by atoms with E-state index in [1.807, 2.05) is 24.3 Å². The van der Waals surface area contributed by atoms with Crippen LogP contribution in [0.15, 0.2) is 24.3 Å². The van der Waals surface area contributed by atoms with Gasteiger partial charge in [0, 0.05) is 6.42 Å². The molecule has 21 heavy (non-hydrogen) atoms. The largest absolute Gasteiger partial charge is 0.494 e. The number of hydrogen-bond donors (Lipinski definition) is 2. The van der Waals surface area contributed by atoms with E-state index in [1.54, 1.807) is 0 Å². The molecule has 0 aliphatic heterocycles. The van der Waals surface area contributed by atoms with E-state index >= 15 is 0 Å². The first-order chi connectivity index (χ1) is 10.2. The Morgan fingerprint density at radius 1 is 1.29 bits per heavy atom. The minimum absolute atomic E-state index is 0.255. The average molecular weight is 293 g/mol. The van der Waals surface area contributed by atoms with Crippen molar-refractivity contribution in [3.05, 3.63) is 29.8 Å². The molecular weight excluding hydrogens is 270 g/mol. The highest BCUT2D eigenvalue weighted by Crippen LogP contribution is 2.14. The number of unbranched alkanes of at least 4 members (excludes halogenated alkanes) is 3. The number of carbonyl (C=O) groups is 2. The predicted molar refractivity (Wildman–Crippen MR) is 80.4 cm³/mol. The van der Waals surface area contributed by atoms with E-state index in [4.69, 9.17) is 9.84 Å². The van der Waals surface area contributed by atoms with Gasteiger partial charge in [0.25, 0.3) is 0 Å². The third-order valence-electron chi connectivity index (χ3n) is 3.20. The Morgan fingerprint density at radius 3 is 2.57 bits per heavy atom. The van der Waals surface area contributed by atoms with Crippen LogP contribution in [0.1, 0.15) is 38.2 Å². The maximum atomic E-state index is 10.9. The minimum atomic E-state index is -1.04. The zero-order valence-electron chi connectivity index (χ0n) is 12.4. The lowest BCUT2D eigenvalue weighted by Crippen LogP contribution is -2.37. The van der Waals surface area contributed by atoms with Gasteiger partial charge in [-0.1, -0.05) is 38.3 Å². The Hall–Kier alpha value is -2.04. The summed E-state index contributed by atoms with van der Waals surface area (Å²) in [6.45, 7) is 2.87. The lowest BCUT2D eigenvalue weighted by Gasteiger charge is -2.12. The van der Waals surface area contributed by atoms with Crippen LogP contribution in [-0.4, -0.2) is 30.1 Å². The van der Waals surface area contributed by atoms with E-state index in [1.165, 1.54) is 19.3 Å². The van der Waals surface area contributed by atoms with Crippen LogP contribution in [0.2, 0.25) is 0 Å². The molecule has 0 saturated carbocycles. The fourth-order valence-corrected chi connectivity index (χ4v) is 1.98. The van der Waals surface area contributed by atoms with E-state index in [0.717, 1.165) is 17.7 Å². The van der Waals surface area contributed by atoms with Crippen LogP contribution in [0.4, 0.5) is 0 Å². The Labute approximate surface area is 125 Å². The normalized spacial score (nSPS) is 11.7. The van der Waals surface area contributed by atoms with Gasteiger partial charge in [0.15, 0.2) is 0 Å². The summed E-state index contributed by atoms with van der Waals surface area (Å²) in [5.74, 6) is -0.260. The second-order valence-electron chi connectivity index (χ2n) is 4.93. The Kier molecular flexibility index (Phi) is 7.94. The molecule has 0 saturated heterocycles. The molecule has 1 aromatic carbocycles. The highest BCUT2D eigenvalue weighted by atomic mass is 16.5. The summed E-state index contributed by atoms with van der Waals surface area (Å²) >= 11 is 0. The van der Waals surface area contributed by atoms with Crippen molar-refractivity contribution in [1.29, 1.82) is 0 Å². The van der Waals surface area contributed by atoms with Gasteiger partial charge in [-0.25, -0.2) is 4.79 Å². The third kappa shape index (κ3) is 6.79. The summed E-state index contributed by atoms with van der Waals surface area (Å²) in [6, 6.07) is 6.40. The molecule has 1 atom stereocenters. The molecule has 0 aliphatic rings. The van der Waals surface area contributed by atoms with Crippen LogP contribution in [-0.2, 0) is 16.0 Å². The molecule has 0 fully saturated rings. The van der Waals surface area contributed by atoms with Gasteiger partial charge in [0.05, 0.1) is 6.61 Å². The van der Waals surface area contributed by atoms with Crippen LogP contribution < -0.4 is 10.1 Å². The first-order valence-corrected chi connectivity index (χ1v) is 7.31. The predicted octanol–water partition coefficient (Wildman–Crippen LogP) is 2.39. The van der Waals surface area contributed by atoms with Gasteiger partial charge >= 0.3 is 5.97 Å². The molecule has 0 radical (unpaired) electrons. The van der Waals surface area contributed by atoms with Gasteiger partial charge in [-0.3, -0.25) is 4.79 Å².